The molecule has 1 amide bonds. The predicted molar refractivity (Wildman–Crippen MR) is 91.5 cm³/mol. The molecule has 0 spiro atoms. The SMILES string of the molecule is CC(C)(C)OC(=O)NC(CC=O)Cc1cccc2ccccc12. The number of benzene rings is 2. The second-order valence-electron chi connectivity index (χ2n) is 6.59. The number of alkyl carbamates (subject to hydrolysis) is 1. The van der Waals surface area contributed by atoms with E-state index in [9.17, 15) is 9.59 Å². The summed E-state index contributed by atoms with van der Waals surface area (Å²) >= 11 is 0. The first kappa shape index (κ1) is 17.0. The van der Waals surface area contributed by atoms with Gasteiger partial charge in [-0.15, -0.1) is 0 Å². The van der Waals surface area contributed by atoms with Crippen LogP contribution in [0.15, 0.2) is 42.5 Å². The standard InChI is InChI=1S/C19H23NO3/c1-19(2,3)23-18(22)20-16(11-12-21)13-15-9-6-8-14-7-4-5-10-17(14)15/h4-10,12,16H,11,13H2,1-3H3,(H,20,22). The van der Waals surface area contributed by atoms with Crippen LogP contribution in [-0.2, 0) is 16.0 Å². The number of fused-ring (bicyclic) bond motifs is 1. The predicted octanol–water partition coefficient (Wildman–Crippen LogP) is 3.86. The summed E-state index contributed by atoms with van der Waals surface area (Å²) in [6.07, 6.45) is 1.17. The summed E-state index contributed by atoms with van der Waals surface area (Å²) in [7, 11) is 0. The maximum absolute atomic E-state index is 11.9. The van der Waals surface area contributed by atoms with Gasteiger partial charge in [0.15, 0.2) is 0 Å². The highest BCUT2D eigenvalue weighted by molar-refractivity contribution is 5.85. The van der Waals surface area contributed by atoms with Gasteiger partial charge < -0.3 is 14.8 Å². The second-order valence-corrected chi connectivity index (χ2v) is 6.59. The molecule has 0 bridgehead atoms. The number of rotatable bonds is 5. The summed E-state index contributed by atoms with van der Waals surface area (Å²) in [6.45, 7) is 5.43. The number of hydrogen-bond donors (Lipinski definition) is 1. The Kier molecular flexibility index (Phi) is 5.37. The van der Waals surface area contributed by atoms with Gasteiger partial charge in [0.2, 0.25) is 0 Å². The Morgan fingerprint density at radius 3 is 2.57 bits per heavy atom. The van der Waals surface area contributed by atoms with Gasteiger partial charge >= 0.3 is 6.09 Å². The van der Waals surface area contributed by atoms with E-state index in [0.717, 1.165) is 22.6 Å². The molecule has 1 atom stereocenters. The molecule has 0 radical (unpaired) electrons. The maximum Gasteiger partial charge on any atom is 0.407 e. The van der Waals surface area contributed by atoms with Crippen LogP contribution in [0.3, 0.4) is 0 Å². The van der Waals surface area contributed by atoms with Crippen molar-refractivity contribution in [2.45, 2.75) is 45.3 Å². The maximum atomic E-state index is 11.9. The highest BCUT2D eigenvalue weighted by atomic mass is 16.6. The number of ether oxygens (including phenoxy) is 1. The first-order valence-corrected chi connectivity index (χ1v) is 7.79. The Morgan fingerprint density at radius 2 is 1.87 bits per heavy atom. The molecule has 4 nitrogen and oxygen atoms in total. The van der Waals surface area contributed by atoms with Gasteiger partial charge in [0.25, 0.3) is 0 Å². The van der Waals surface area contributed by atoms with Crippen molar-refractivity contribution >= 4 is 23.2 Å². The highest BCUT2D eigenvalue weighted by Crippen LogP contribution is 2.20. The van der Waals surface area contributed by atoms with Crippen molar-refractivity contribution in [2.24, 2.45) is 0 Å². The molecule has 4 heteroatoms. The van der Waals surface area contributed by atoms with Gasteiger partial charge in [-0.2, -0.15) is 0 Å². The Bertz CT molecular complexity index is 683. The number of hydrogen-bond acceptors (Lipinski definition) is 3. The summed E-state index contributed by atoms with van der Waals surface area (Å²) in [4.78, 5) is 22.9. The van der Waals surface area contributed by atoms with Gasteiger partial charge in [0.05, 0.1) is 0 Å². The van der Waals surface area contributed by atoms with Crippen molar-refractivity contribution < 1.29 is 14.3 Å². The van der Waals surface area contributed by atoms with Gasteiger partial charge in [-0.3, -0.25) is 0 Å². The Labute approximate surface area is 136 Å². The third-order valence-corrected chi connectivity index (χ3v) is 3.45. The van der Waals surface area contributed by atoms with E-state index in [1.165, 1.54) is 0 Å². The number of nitrogens with one attached hydrogen (secondary N) is 1. The quantitative estimate of drug-likeness (QED) is 0.853. The summed E-state index contributed by atoms with van der Waals surface area (Å²) in [5, 5.41) is 5.08. The van der Waals surface area contributed by atoms with Crippen LogP contribution in [0.25, 0.3) is 10.8 Å². The molecule has 0 aromatic heterocycles. The largest absolute Gasteiger partial charge is 0.444 e. The Hall–Kier alpha value is -2.36. The van der Waals surface area contributed by atoms with Crippen LogP contribution in [0.1, 0.15) is 32.8 Å². The monoisotopic (exact) mass is 313 g/mol. The lowest BCUT2D eigenvalue weighted by atomic mass is 9.98. The molecule has 2 rings (SSSR count). The molecule has 0 fully saturated rings. The van der Waals surface area contributed by atoms with Gasteiger partial charge in [-0.25, -0.2) is 4.79 Å². The summed E-state index contributed by atoms with van der Waals surface area (Å²) in [5.41, 5.74) is 0.543. The van der Waals surface area contributed by atoms with Crippen molar-refractivity contribution in [1.82, 2.24) is 5.32 Å². The van der Waals surface area contributed by atoms with Crippen LogP contribution in [0.5, 0.6) is 0 Å². The first-order valence-electron chi connectivity index (χ1n) is 7.79. The molecule has 0 aliphatic heterocycles. The minimum Gasteiger partial charge on any atom is -0.444 e. The van der Waals surface area contributed by atoms with E-state index < -0.39 is 11.7 Å². The molecule has 1 N–H and O–H groups in total. The minimum absolute atomic E-state index is 0.252. The molecule has 0 heterocycles. The van der Waals surface area contributed by atoms with Crippen molar-refractivity contribution in [2.75, 3.05) is 0 Å². The fourth-order valence-electron chi connectivity index (χ4n) is 2.52. The molecule has 0 saturated heterocycles. The average Bonchev–Trinajstić information content (AvgIpc) is 2.46. The van der Waals surface area contributed by atoms with Crippen LogP contribution < -0.4 is 5.32 Å². The summed E-state index contributed by atoms with van der Waals surface area (Å²) in [6, 6.07) is 13.9. The van der Waals surface area contributed by atoms with Crippen molar-refractivity contribution in [3.8, 4) is 0 Å². The number of carbonyl (C=O) groups is 2. The van der Waals surface area contributed by atoms with Crippen molar-refractivity contribution in [1.29, 1.82) is 0 Å². The molecule has 0 aliphatic carbocycles. The van der Waals surface area contributed by atoms with E-state index in [1.54, 1.807) is 0 Å². The fourth-order valence-corrected chi connectivity index (χ4v) is 2.52. The molecular weight excluding hydrogens is 290 g/mol. The van der Waals surface area contributed by atoms with Gasteiger partial charge in [0.1, 0.15) is 11.9 Å². The number of amides is 1. The van der Waals surface area contributed by atoms with E-state index in [2.05, 4.69) is 23.5 Å². The van der Waals surface area contributed by atoms with Gasteiger partial charge in [0, 0.05) is 12.5 Å². The summed E-state index contributed by atoms with van der Waals surface area (Å²) in [5.74, 6) is 0. The lowest BCUT2D eigenvalue weighted by molar-refractivity contribution is -0.108. The van der Waals surface area contributed by atoms with Crippen LogP contribution in [-0.4, -0.2) is 24.0 Å². The lowest BCUT2D eigenvalue weighted by Crippen LogP contribution is -2.40. The normalized spacial score (nSPS) is 12.7. The molecule has 1 unspecified atom stereocenters. The third-order valence-electron chi connectivity index (χ3n) is 3.45. The summed E-state index contributed by atoms with van der Waals surface area (Å²) < 4.78 is 5.27. The molecule has 2 aromatic rings. The molecular formula is C19H23NO3. The van der Waals surface area contributed by atoms with Crippen molar-refractivity contribution in [3.63, 3.8) is 0 Å². The zero-order valence-corrected chi connectivity index (χ0v) is 13.8. The van der Waals surface area contributed by atoms with Crippen molar-refractivity contribution in [3.05, 3.63) is 48.0 Å². The fraction of sp³-hybridized carbons (Fsp3) is 0.368. The number of carbonyl (C=O) groups excluding carboxylic acids is 2. The lowest BCUT2D eigenvalue weighted by Gasteiger charge is -2.23. The van der Waals surface area contributed by atoms with E-state index >= 15 is 0 Å². The minimum atomic E-state index is -0.560. The first-order chi connectivity index (χ1) is 10.9. The van der Waals surface area contributed by atoms with E-state index in [1.807, 2.05) is 45.0 Å². The van der Waals surface area contributed by atoms with Crippen LogP contribution in [0, 0.1) is 0 Å². The molecule has 0 aliphatic rings. The topological polar surface area (TPSA) is 55.4 Å². The smallest absolute Gasteiger partial charge is 0.407 e. The molecule has 0 saturated carbocycles. The third kappa shape index (κ3) is 5.09. The molecule has 23 heavy (non-hydrogen) atoms. The van der Waals surface area contributed by atoms with E-state index in [-0.39, 0.29) is 12.5 Å². The Balaban J connectivity index is 2.15. The molecule has 2 aromatic carbocycles. The zero-order valence-electron chi connectivity index (χ0n) is 13.8. The Morgan fingerprint density at radius 1 is 1.17 bits per heavy atom. The second kappa shape index (κ2) is 7.27. The highest BCUT2D eigenvalue weighted by Gasteiger charge is 2.20. The van der Waals surface area contributed by atoms with Crippen LogP contribution >= 0.6 is 0 Å². The molecule has 122 valence electrons. The van der Waals surface area contributed by atoms with E-state index in [4.69, 9.17) is 4.74 Å². The van der Waals surface area contributed by atoms with E-state index in [0.29, 0.717) is 6.42 Å². The van der Waals surface area contributed by atoms with Gasteiger partial charge in [-0.1, -0.05) is 42.5 Å². The van der Waals surface area contributed by atoms with Crippen LogP contribution in [0.4, 0.5) is 4.79 Å². The van der Waals surface area contributed by atoms with Gasteiger partial charge in [-0.05, 0) is 43.5 Å². The van der Waals surface area contributed by atoms with Crippen LogP contribution in [0.2, 0.25) is 0 Å². The number of aldehydes is 1. The average molecular weight is 313 g/mol. The zero-order chi connectivity index (χ0) is 16.9.